The van der Waals surface area contributed by atoms with Gasteiger partial charge in [0.15, 0.2) is 5.78 Å². The van der Waals surface area contributed by atoms with Gasteiger partial charge in [0.2, 0.25) is 0 Å². The van der Waals surface area contributed by atoms with Crippen molar-refractivity contribution in [3.8, 4) is 0 Å². The average molecular weight is 190 g/mol. The van der Waals surface area contributed by atoms with E-state index in [1.807, 2.05) is 13.8 Å². The Morgan fingerprint density at radius 2 is 1.93 bits per heavy atom. The Morgan fingerprint density at radius 1 is 1.36 bits per heavy atom. The predicted molar refractivity (Wildman–Crippen MR) is 53.2 cm³/mol. The van der Waals surface area contributed by atoms with Crippen molar-refractivity contribution < 1.29 is 4.79 Å². The zero-order valence-electron chi connectivity index (χ0n) is 8.53. The Labute approximate surface area is 83.6 Å². The van der Waals surface area contributed by atoms with Gasteiger partial charge in [-0.05, 0) is 12.8 Å². The van der Waals surface area contributed by atoms with E-state index in [-0.39, 0.29) is 11.7 Å². The second-order valence-corrected chi connectivity index (χ2v) is 4.12. The quantitative estimate of drug-likeness (QED) is 0.686. The lowest BCUT2D eigenvalue weighted by Crippen LogP contribution is -2.09. The lowest BCUT2D eigenvalue weighted by atomic mass is 10.0. The highest BCUT2D eigenvalue weighted by atomic mass is 16.1. The molecule has 1 fully saturated rings. The lowest BCUT2D eigenvalue weighted by molar-refractivity contribution is 0.0938. The number of aromatic nitrogens is 2. The summed E-state index contributed by atoms with van der Waals surface area (Å²) < 4.78 is 0. The number of nitrogens with zero attached hydrogens (tertiary/aromatic N) is 2. The van der Waals surface area contributed by atoms with E-state index in [1.54, 1.807) is 12.4 Å². The molecule has 74 valence electrons. The molecule has 0 spiro atoms. The zero-order chi connectivity index (χ0) is 10.1. The van der Waals surface area contributed by atoms with Gasteiger partial charge < -0.3 is 0 Å². The molecule has 1 saturated carbocycles. The number of hydrogen-bond acceptors (Lipinski definition) is 3. The standard InChI is InChI=1S/C11H14N2O/c1-7(2)10(14)9-5-12-11(13-6-9)8-3-4-8/h5-8H,3-4H2,1-2H3. The second-order valence-electron chi connectivity index (χ2n) is 4.12. The van der Waals surface area contributed by atoms with Crippen LogP contribution in [0.5, 0.6) is 0 Å². The molecule has 0 atom stereocenters. The number of ketones is 1. The highest BCUT2D eigenvalue weighted by Crippen LogP contribution is 2.37. The second kappa shape index (κ2) is 3.48. The summed E-state index contributed by atoms with van der Waals surface area (Å²) in [6, 6.07) is 0. The van der Waals surface area contributed by atoms with Crippen LogP contribution >= 0.6 is 0 Å². The minimum Gasteiger partial charge on any atom is -0.294 e. The van der Waals surface area contributed by atoms with Crippen molar-refractivity contribution in [3.63, 3.8) is 0 Å². The maximum Gasteiger partial charge on any atom is 0.168 e. The molecule has 0 N–H and O–H groups in total. The van der Waals surface area contributed by atoms with Gasteiger partial charge in [-0.2, -0.15) is 0 Å². The molecular weight excluding hydrogens is 176 g/mol. The molecule has 0 unspecified atom stereocenters. The van der Waals surface area contributed by atoms with E-state index >= 15 is 0 Å². The van der Waals surface area contributed by atoms with Gasteiger partial charge in [0.1, 0.15) is 5.82 Å². The van der Waals surface area contributed by atoms with Crippen LogP contribution < -0.4 is 0 Å². The summed E-state index contributed by atoms with van der Waals surface area (Å²) in [6.07, 6.45) is 5.70. The van der Waals surface area contributed by atoms with Crippen LogP contribution in [-0.4, -0.2) is 15.8 Å². The molecule has 0 amide bonds. The number of Topliss-reactive ketones (excluding diaryl/α,β-unsaturated/α-hetero) is 1. The largest absolute Gasteiger partial charge is 0.294 e. The molecule has 0 radical (unpaired) electrons. The summed E-state index contributed by atoms with van der Waals surface area (Å²) in [5.74, 6) is 1.58. The van der Waals surface area contributed by atoms with Gasteiger partial charge in [-0.3, -0.25) is 4.79 Å². The molecule has 1 aliphatic rings. The number of carbonyl (C=O) groups is 1. The van der Waals surface area contributed by atoms with Crippen molar-refractivity contribution in [1.29, 1.82) is 0 Å². The van der Waals surface area contributed by atoms with Gasteiger partial charge >= 0.3 is 0 Å². The predicted octanol–water partition coefficient (Wildman–Crippen LogP) is 2.19. The summed E-state index contributed by atoms with van der Waals surface area (Å²) >= 11 is 0. The summed E-state index contributed by atoms with van der Waals surface area (Å²) in [4.78, 5) is 20.0. The van der Waals surface area contributed by atoms with E-state index in [1.165, 1.54) is 12.8 Å². The fourth-order valence-electron chi connectivity index (χ4n) is 1.35. The third-order valence-corrected chi connectivity index (χ3v) is 2.42. The van der Waals surface area contributed by atoms with Gasteiger partial charge in [0, 0.05) is 24.2 Å². The molecule has 1 heterocycles. The molecule has 0 saturated heterocycles. The molecule has 1 aromatic rings. The zero-order valence-corrected chi connectivity index (χ0v) is 8.53. The number of carbonyl (C=O) groups excluding carboxylic acids is 1. The number of hydrogen-bond donors (Lipinski definition) is 0. The van der Waals surface area contributed by atoms with Crippen LogP contribution in [0.3, 0.4) is 0 Å². The normalized spacial score (nSPS) is 15.9. The van der Waals surface area contributed by atoms with Crippen molar-refractivity contribution in [3.05, 3.63) is 23.8 Å². The fourth-order valence-corrected chi connectivity index (χ4v) is 1.35. The van der Waals surface area contributed by atoms with E-state index < -0.39 is 0 Å². The monoisotopic (exact) mass is 190 g/mol. The van der Waals surface area contributed by atoms with Crippen LogP contribution in [0.2, 0.25) is 0 Å². The van der Waals surface area contributed by atoms with Gasteiger partial charge in [-0.25, -0.2) is 9.97 Å². The number of rotatable bonds is 3. The van der Waals surface area contributed by atoms with Crippen LogP contribution in [0.4, 0.5) is 0 Å². The Bertz CT molecular complexity index is 339. The Hall–Kier alpha value is -1.25. The molecule has 0 aliphatic heterocycles. The van der Waals surface area contributed by atoms with Crippen LogP contribution in [0, 0.1) is 5.92 Å². The maximum atomic E-state index is 11.6. The van der Waals surface area contributed by atoms with Gasteiger partial charge in [-0.15, -0.1) is 0 Å². The fraction of sp³-hybridized carbons (Fsp3) is 0.545. The highest BCUT2D eigenvalue weighted by molar-refractivity contribution is 5.96. The van der Waals surface area contributed by atoms with Crippen LogP contribution in [0.1, 0.15) is 48.8 Å². The van der Waals surface area contributed by atoms with E-state index in [4.69, 9.17) is 0 Å². The van der Waals surface area contributed by atoms with Crippen molar-refractivity contribution in [2.45, 2.75) is 32.6 Å². The van der Waals surface area contributed by atoms with E-state index in [0.717, 1.165) is 5.82 Å². The first-order chi connectivity index (χ1) is 6.68. The van der Waals surface area contributed by atoms with Crippen molar-refractivity contribution in [2.75, 3.05) is 0 Å². The lowest BCUT2D eigenvalue weighted by Gasteiger charge is -2.03. The molecule has 3 nitrogen and oxygen atoms in total. The van der Waals surface area contributed by atoms with Crippen molar-refractivity contribution in [2.24, 2.45) is 5.92 Å². The molecule has 14 heavy (non-hydrogen) atoms. The molecule has 0 aromatic carbocycles. The summed E-state index contributed by atoms with van der Waals surface area (Å²) in [7, 11) is 0. The average Bonchev–Trinajstić information content (AvgIpc) is 3.00. The topological polar surface area (TPSA) is 42.9 Å². The van der Waals surface area contributed by atoms with E-state index in [2.05, 4.69) is 9.97 Å². The van der Waals surface area contributed by atoms with Gasteiger partial charge in [-0.1, -0.05) is 13.8 Å². The molecule has 1 aliphatic carbocycles. The Balaban J connectivity index is 2.16. The summed E-state index contributed by atoms with van der Waals surface area (Å²) in [6.45, 7) is 3.77. The maximum absolute atomic E-state index is 11.6. The van der Waals surface area contributed by atoms with Crippen LogP contribution in [0.25, 0.3) is 0 Å². The van der Waals surface area contributed by atoms with Gasteiger partial charge in [0.05, 0.1) is 5.56 Å². The first-order valence-electron chi connectivity index (χ1n) is 5.04. The summed E-state index contributed by atoms with van der Waals surface area (Å²) in [5, 5.41) is 0. The highest BCUT2D eigenvalue weighted by Gasteiger charge is 2.26. The molecule has 2 rings (SSSR count). The minimum atomic E-state index is 0.0189. The smallest absolute Gasteiger partial charge is 0.168 e. The Morgan fingerprint density at radius 3 is 2.36 bits per heavy atom. The van der Waals surface area contributed by atoms with Crippen molar-refractivity contribution in [1.82, 2.24) is 9.97 Å². The Kier molecular flexibility index (Phi) is 2.32. The first-order valence-corrected chi connectivity index (χ1v) is 5.04. The SMILES string of the molecule is CC(C)C(=O)c1cnc(C2CC2)nc1. The van der Waals surface area contributed by atoms with E-state index in [9.17, 15) is 4.79 Å². The first kappa shape index (κ1) is 9.31. The minimum absolute atomic E-state index is 0.0189. The molecule has 0 bridgehead atoms. The van der Waals surface area contributed by atoms with Gasteiger partial charge in [0.25, 0.3) is 0 Å². The molecular formula is C11H14N2O. The van der Waals surface area contributed by atoms with E-state index in [0.29, 0.717) is 11.5 Å². The molecule has 3 heteroatoms. The molecule has 1 aromatic heterocycles. The summed E-state index contributed by atoms with van der Waals surface area (Å²) in [5.41, 5.74) is 0.629. The van der Waals surface area contributed by atoms with Crippen LogP contribution in [-0.2, 0) is 0 Å². The van der Waals surface area contributed by atoms with Crippen molar-refractivity contribution >= 4 is 5.78 Å². The van der Waals surface area contributed by atoms with Crippen LogP contribution in [0.15, 0.2) is 12.4 Å². The third-order valence-electron chi connectivity index (χ3n) is 2.42. The third kappa shape index (κ3) is 1.81.